The topological polar surface area (TPSA) is 87.1 Å². The van der Waals surface area contributed by atoms with Crippen LogP contribution in [0.15, 0.2) is 46.7 Å². The summed E-state index contributed by atoms with van der Waals surface area (Å²) >= 11 is 6.17. The number of nitrogens with zero attached hydrogens (tertiary/aromatic N) is 2. The average Bonchev–Trinajstić information content (AvgIpc) is 2.77. The number of aryl methyl sites for hydroxylation is 3. The van der Waals surface area contributed by atoms with E-state index in [1.807, 2.05) is 20.8 Å². The van der Waals surface area contributed by atoms with Crippen LogP contribution in [0, 0.1) is 26.7 Å². The van der Waals surface area contributed by atoms with E-state index in [-0.39, 0.29) is 11.8 Å². The second-order valence-electron chi connectivity index (χ2n) is 8.70. The van der Waals surface area contributed by atoms with Gasteiger partial charge in [0.1, 0.15) is 17.2 Å². The molecule has 0 N–H and O–H groups in total. The van der Waals surface area contributed by atoms with E-state index in [9.17, 15) is 9.59 Å². The van der Waals surface area contributed by atoms with Crippen LogP contribution in [0.5, 0.6) is 0 Å². The fourth-order valence-electron chi connectivity index (χ4n) is 5.15. The summed E-state index contributed by atoms with van der Waals surface area (Å²) in [4.78, 5) is 35.2. The van der Waals surface area contributed by atoms with Crippen LogP contribution in [0.2, 0.25) is 5.15 Å². The van der Waals surface area contributed by atoms with E-state index in [4.69, 9.17) is 30.8 Å². The van der Waals surface area contributed by atoms with Crippen molar-refractivity contribution in [3.63, 3.8) is 0 Å². The monoisotopic (exact) mass is 482 g/mol. The predicted octanol–water partition coefficient (Wildman–Crippen LogP) is 4.58. The van der Waals surface area contributed by atoms with Crippen LogP contribution >= 0.6 is 11.6 Å². The first-order valence-electron chi connectivity index (χ1n) is 11.0. The van der Waals surface area contributed by atoms with Gasteiger partial charge in [0.15, 0.2) is 0 Å². The Labute approximate surface area is 203 Å². The summed E-state index contributed by atoms with van der Waals surface area (Å²) in [5.41, 5.74) is 6.33. The largest absolute Gasteiger partial charge is 0.468 e. The second-order valence-corrected chi connectivity index (χ2v) is 9.08. The Morgan fingerprint density at radius 1 is 1.18 bits per heavy atom. The van der Waals surface area contributed by atoms with Crippen LogP contribution in [0.25, 0.3) is 0 Å². The molecule has 1 aromatic heterocycles. The lowest BCUT2D eigenvalue weighted by atomic mass is 9.74. The highest BCUT2D eigenvalue weighted by atomic mass is 35.5. The number of halogens is 1. The van der Waals surface area contributed by atoms with Crippen molar-refractivity contribution >= 4 is 29.3 Å². The van der Waals surface area contributed by atoms with Crippen molar-refractivity contribution in [1.29, 1.82) is 0 Å². The number of benzene rings is 1. The molecule has 0 radical (unpaired) electrons. The van der Waals surface area contributed by atoms with Gasteiger partial charge in [0.25, 0.3) is 0 Å². The zero-order valence-electron chi connectivity index (χ0n) is 19.8. The summed E-state index contributed by atoms with van der Waals surface area (Å²) in [6.07, 6.45) is 1.46. The van der Waals surface area contributed by atoms with Gasteiger partial charge >= 0.3 is 11.9 Å². The molecule has 2 aliphatic heterocycles. The first-order chi connectivity index (χ1) is 16.2. The van der Waals surface area contributed by atoms with Gasteiger partial charge in [-0.2, -0.15) is 0 Å². The van der Waals surface area contributed by atoms with Gasteiger partial charge in [-0.05, 0) is 55.2 Å². The van der Waals surface area contributed by atoms with Crippen LogP contribution < -0.4 is 0 Å². The molecule has 0 amide bonds. The molecule has 1 aromatic carbocycles. The lowest BCUT2D eigenvalue weighted by Gasteiger charge is -2.37. The van der Waals surface area contributed by atoms with E-state index < -0.39 is 29.9 Å². The molecule has 34 heavy (non-hydrogen) atoms. The highest BCUT2D eigenvalue weighted by Gasteiger charge is 2.47. The van der Waals surface area contributed by atoms with E-state index in [1.165, 1.54) is 14.2 Å². The molecule has 2 aromatic rings. The summed E-state index contributed by atoms with van der Waals surface area (Å²) in [6, 6.07) is 7.54. The number of pyridine rings is 1. The number of hydrogen-bond donors (Lipinski definition) is 0. The molecular formula is C26H27ClN2O5. The van der Waals surface area contributed by atoms with Crippen molar-refractivity contribution < 1.29 is 23.8 Å². The lowest BCUT2D eigenvalue weighted by Crippen LogP contribution is -2.41. The molecule has 0 fully saturated rings. The molecule has 0 saturated carbocycles. The molecule has 0 aliphatic carbocycles. The summed E-state index contributed by atoms with van der Waals surface area (Å²) in [7, 11) is 2.85. The van der Waals surface area contributed by atoms with Crippen LogP contribution in [-0.4, -0.2) is 43.5 Å². The van der Waals surface area contributed by atoms with Crippen LogP contribution in [0.1, 0.15) is 46.3 Å². The number of carbonyl (C=O) groups is 2. The zero-order valence-corrected chi connectivity index (χ0v) is 20.6. The van der Waals surface area contributed by atoms with Crippen molar-refractivity contribution in [2.45, 2.75) is 39.2 Å². The fraction of sp³-hybridized carbons (Fsp3) is 0.385. The smallest absolute Gasteiger partial charge is 0.337 e. The Balaban J connectivity index is 1.88. The molecule has 4 rings (SSSR count). The average molecular weight is 483 g/mol. The summed E-state index contributed by atoms with van der Waals surface area (Å²) < 4.78 is 16.4. The molecule has 2 aliphatic rings. The Morgan fingerprint density at radius 3 is 2.50 bits per heavy atom. The third-order valence-electron chi connectivity index (χ3n) is 6.36. The number of methoxy groups -OCH3 is 2. The minimum absolute atomic E-state index is 0.119. The molecule has 0 saturated heterocycles. The maximum Gasteiger partial charge on any atom is 0.337 e. The zero-order chi connectivity index (χ0) is 24.6. The van der Waals surface area contributed by atoms with Crippen LogP contribution in [0.3, 0.4) is 0 Å². The van der Waals surface area contributed by atoms with Gasteiger partial charge in [-0.15, -0.1) is 0 Å². The van der Waals surface area contributed by atoms with E-state index in [2.05, 4.69) is 17.1 Å². The Bertz CT molecular complexity index is 1200. The van der Waals surface area contributed by atoms with E-state index in [1.54, 1.807) is 18.3 Å². The van der Waals surface area contributed by atoms with Gasteiger partial charge in [0, 0.05) is 25.6 Å². The minimum atomic E-state index is -0.853. The standard InChI is InChI=1S/C26H27ClN2O5/c1-13-8-14(2)21(15(3)9-13)19-11-17-23(26(31)34-19)22(16-6-7-28-20(27)10-16)24(25(30)33-5)18(29-17)12-32-4/h6-10,19,22,24H,11-12H2,1-5H3. The highest BCUT2D eigenvalue weighted by Crippen LogP contribution is 2.47. The quantitative estimate of drug-likeness (QED) is 0.458. The van der Waals surface area contributed by atoms with Gasteiger partial charge in [-0.3, -0.25) is 9.79 Å². The lowest BCUT2D eigenvalue weighted by molar-refractivity contribution is -0.147. The molecule has 3 unspecified atom stereocenters. The number of aliphatic imine (C=N–C) groups is 1. The summed E-state index contributed by atoms with van der Waals surface area (Å²) in [5, 5.41) is 0.257. The van der Waals surface area contributed by atoms with Gasteiger partial charge < -0.3 is 14.2 Å². The summed E-state index contributed by atoms with van der Waals surface area (Å²) in [6.45, 7) is 6.19. The maximum absolute atomic E-state index is 13.5. The maximum atomic E-state index is 13.5. The molecule has 0 bridgehead atoms. The fourth-order valence-corrected chi connectivity index (χ4v) is 5.33. The number of rotatable bonds is 5. The number of ether oxygens (including phenoxy) is 3. The third kappa shape index (κ3) is 4.38. The first kappa shape index (κ1) is 24.1. The Kier molecular flexibility index (Phi) is 6.86. The molecular weight excluding hydrogens is 456 g/mol. The van der Waals surface area contributed by atoms with E-state index in [0.29, 0.717) is 29.0 Å². The van der Waals surface area contributed by atoms with E-state index >= 15 is 0 Å². The molecule has 0 spiro atoms. The SMILES string of the molecule is COCC1=NC2=C(C(=O)OC(c3c(C)cc(C)cc3C)C2)C(c2ccnc(Cl)c2)C1C(=O)OC. The van der Waals surface area contributed by atoms with Gasteiger partial charge in [-0.1, -0.05) is 29.3 Å². The molecule has 178 valence electrons. The Morgan fingerprint density at radius 2 is 1.88 bits per heavy atom. The third-order valence-corrected chi connectivity index (χ3v) is 6.56. The van der Waals surface area contributed by atoms with Crippen molar-refractivity contribution in [1.82, 2.24) is 4.98 Å². The van der Waals surface area contributed by atoms with Crippen LogP contribution in [0.4, 0.5) is 0 Å². The Hall–Kier alpha value is -3.03. The van der Waals surface area contributed by atoms with Gasteiger partial charge in [-0.25, -0.2) is 9.78 Å². The second kappa shape index (κ2) is 9.68. The number of cyclic esters (lactones) is 1. The van der Waals surface area contributed by atoms with Crippen molar-refractivity contribution in [3.8, 4) is 0 Å². The minimum Gasteiger partial charge on any atom is -0.468 e. The normalized spacial score (nSPS) is 22.1. The number of aromatic nitrogens is 1. The van der Waals surface area contributed by atoms with Crippen molar-refractivity contribution in [2.75, 3.05) is 20.8 Å². The number of carbonyl (C=O) groups excluding carboxylic acids is 2. The van der Waals surface area contributed by atoms with Gasteiger partial charge in [0.2, 0.25) is 0 Å². The van der Waals surface area contributed by atoms with Crippen molar-refractivity contribution in [2.24, 2.45) is 10.9 Å². The van der Waals surface area contributed by atoms with Crippen molar-refractivity contribution in [3.05, 3.63) is 74.7 Å². The van der Waals surface area contributed by atoms with Crippen LogP contribution in [-0.2, 0) is 23.8 Å². The predicted molar refractivity (Wildman–Crippen MR) is 128 cm³/mol. The molecule has 3 atom stereocenters. The first-order valence-corrected chi connectivity index (χ1v) is 11.4. The van der Waals surface area contributed by atoms with E-state index in [0.717, 1.165) is 22.3 Å². The number of hydrogen-bond acceptors (Lipinski definition) is 7. The number of esters is 2. The highest BCUT2D eigenvalue weighted by molar-refractivity contribution is 6.29. The molecule has 3 heterocycles. The molecule has 8 heteroatoms. The molecule has 7 nitrogen and oxygen atoms in total. The van der Waals surface area contributed by atoms with Gasteiger partial charge in [0.05, 0.1) is 30.7 Å². The summed E-state index contributed by atoms with van der Waals surface area (Å²) in [5.74, 6) is -2.55.